The number of carbonyl (C=O) groups is 1. The van der Waals surface area contributed by atoms with Gasteiger partial charge in [0.1, 0.15) is 11.4 Å². The third-order valence-electron chi connectivity index (χ3n) is 2.90. The van der Waals surface area contributed by atoms with E-state index in [1.165, 1.54) is 13.2 Å². The molecule has 0 aliphatic heterocycles. The van der Waals surface area contributed by atoms with Crippen LogP contribution in [0.1, 0.15) is 25.8 Å². The van der Waals surface area contributed by atoms with Gasteiger partial charge in [-0.2, -0.15) is 0 Å². The Bertz CT molecular complexity index is 409. The number of rotatable bonds is 6. The first-order valence-corrected chi connectivity index (χ1v) is 6.10. The summed E-state index contributed by atoms with van der Waals surface area (Å²) in [4.78, 5) is 11.8. The monoisotopic (exact) mass is 253 g/mol. The highest BCUT2D eigenvalue weighted by Crippen LogP contribution is 2.17. The van der Waals surface area contributed by atoms with Crippen molar-refractivity contribution < 1.29 is 13.9 Å². The second kappa shape index (κ2) is 6.50. The molecule has 1 unspecified atom stereocenters. The molecule has 3 nitrogen and oxygen atoms in total. The average Bonchev–Trinajstić information content (AvgIpc) is 2.38. The minimum atomic E-state index is -0.896. The van der Waals surface area contributed by atoms with Gasteiger partial charge in [0.25, 0.3) is 0 Å². The first kappa shape index (κ1) is 14.6. The van der Waals surface area contributed by atoms with Gasteiger partial charge in [-0.05, 0) is 31.5 Å². The van der Waals surface area contributed by atoms with Crippen molar-refractivity contribution in [2.24, 2.45) is 0 Å². The highest BCUT2D eigenvalue weighted by molar-refractivity contribution is 5.80. The van der Waals surface area contributed by atoms with E-state index in [9.17, 15) is 9.18 Å². The van der Waals surface area contributed by atoms with E-state index in [1.54, 1.807) is 25.1 Å². The van der Waals surface area contributed by atoms with Gasteiger partial charge in [-0.1, -0.05) is 25.1 Å². The summed E-state index contributed by atoms with van der Waals surface area (Å²) in [5, 5.41) is 3.13. The zero-order valence-electron chi connectivity index (χ0n) is 11.1. The topological polar surface area (TPSA) is 38.3 Å². The Morgan fingerprint density at radius 2 is 2.11 bits per heavy atom. The summed E-state index contributed by atoms with van der Waals surface area (Å²) in [7, 11) is 1.34. The number of benzene rings is 1. The smallest absolute Gasteiger partial charge is 0.326 e. The number of nitrogens with one attached hydrogen (secondary N) is 1. The average molecular weight is 253 g/mol. The predicted molar refractivity (Wildman–Crippen MR) is 68.8 cm³/mol. The molecule has 0 saturated carbocycles. The molecule has 0 fully saturated rings. The molecule has 0 aromatic heterocycles. The van der Waals surface area contributed by atoms with E-state index in [0.717, 1.165) is 6.42 Å². The summed E-state index contributed by atoms with van der Waals surface area (Å²) in [6, 6.07) is 6.47. The Hall–Kier alpha value is -1.42. The van der Waals surface area contributed by atoms with Crippen LogP contribution in [0.3, 0.4) is 0 Å². The van der Waals surface area contributed by atoms with Crippen molar-refractivity contribution in [3.63, 3.8) is 0 Å². The van der Waals surface area contributed by atoms with E-state index in [0.29, 0.717) is 12.1 Å². The van der Waals surface area contributed by atoms with Crippen molar-refractivity contribution in [1.29, 1.82) is 0 Å². The molecule has 1 N–H and O–H groups in total. The lowest BCUT2D eigenvalue weighted by Gasteiger charge is -2.28. The Balaban J connectivity index is 2.91. The normalized spacial score (nSPS) is 14.0. The highest BCUT2D eigenvalue weighted by Gasteiger charge is 2.34. The van der Waals surface area contributed by atoms with Gasteiger partial charge in [0.2, 0.25) is 0 Å². The molecule has 0 saturated heterocycles. The van der Waals surface area contributed by atoms with Gasteiger partial charge in [-0.3, -0.25) is 4.79 Å². The van der Waals surface area contributed by atoms with Crippen LogP contribution in [0.15, 0.2) is 24.3 Å². The number of carbonyl (C=O) groups excluding carboxylic acids is 1. The second-order valence-corrected chi connectivity index (χ2v) is 4.52. The number of hydrogen-bond acceptors (Lipinski definition) is 3. The van der Waals surface area contributed by atoms with Crippen molar-refractivity contribution in [1.82, 2.24) is 5.32 Å². The third-order valence-corrected chi connectivity index (χ3v) is 2.90. The summed E-state index contributed by atoms with van der Waals surface area (Å²) >= 11 is 0. The van der Waals surface area contributed by atoms with E-state index in [4.69, 9.17) is 4.74 Å². The van der Waals surface area contributed by atoms with Gasteiger partial charge >= 0.3 is 5.97 Å². The van der Waals surface area contributed by atoms with Crippen LogP contribution in [0.5, 0.6) is 0 Å². The largest absolute Gasteiger partial charge is 0.468 e. The first-order valence-electron chi connectivity index (χ1n) is 6.10. The van der Waals surface area contributed by atoms with Crippen LogP contribution in [-0.4, -0.2) is 25.2 Å². The van der Waals surface area contributed by atoms with Crippen molar-refractivity contribution in [2.45, 2.75) is 32.2 Å². The van der Waals surface area contributed by atoms with Crippen LogP contribution < -0.4 is 5.32 Å². The maximum absolute atomic E-state index is 13.6. The van der Waals surface area contributed by atoms with Crippen molar-refractivity contribution in [3.05, 3.63) is 35.6 Å². The molecular formula is C14H20FNO2. The first-order chi connectivity index (χ1) is 8.53. The zero-order chi connectivity index (χ0) is 13.6. The van der Waals surface area contributed by atoms with Crippen LogP contribution in [-0.2, 0) is 16.0 Å². The number of esters is 1. The lowest BCUT2D eigenvalue weighted by Crippen LogP contribution is -2.52. The molecule has 0 heterocycles. The summed E-state index contributed by atoms with van der Waals surface area (Å²) in [5.74, 6) is -0.676. The number of ether oxygens (including phenoxy) is 1. The molecule has 0 aliphatic rings. The maximum atomic E-state index is 13.6. The van der Waals surface area contributed by atoms with Crippen molar-refractivity contribution in [3.8, 4) is 0 Å². The molecule has 18 heavy (non-hydrogen) atoms. The molecule has 0 aliphatic carbocycles. The number of halogens is 1. The molecule has 0 amide bonds. The highest BCUT2D eigenvalue weighted by atomic mass is 19.1. The molecule has 4 heteroatoms. The van der Waals surface area contributed by atoms with Gasteiger partial charge in [0.15, 0.2) is 0 Å². The van der Waals surface area contributed by atoms with E-state index < -0.39 is 5.54 Å². The lowest BCUT2D eigenvalue weighted by atomic mass is 9.92. The Labute approximate surface area is 107 Å². The fourth-order valence-electron chi connectivity index (χ4n) is 1.86. The molecule has 100 valence electrons. The summed E-state index contributed by atoms with van der Waals surface area (Å²) < 4.78 is 18.4. The summed E-state index contributed by atoms with van der Waals surface area (Å²) in [6.45, 7) is 4.43. The van der Waals surface area contributed by atoms with E-state index in [1.807, 2.05) is 6.92 Å². The fourth-order valence-corrected chi connectivity index (χ4v) is 1.86. The van der Waals surface area contributed by atoms with E-state index in [-0.39, 0.29) is 18.2 Å². The van der Waals surface area contributed by atoms with Gasteiger partial charge in [-0.25, -0.2) is 4.39 Å². The summed E-state index contributed by atoms with van der Waals surface area (Å²) in [6.07, 6.45) is 1.16. The molecule has 1 atom stereocenters. The molecular weight excluding hydrogens is 233 g/mol. The maximum Gasteiger partial charge on any atom is 0.326 e. The standard InChI is InChI=1S/C14H20FNO2/c1-4-9-16-14(2,13(17)18-3)10-11-7-5-6-8-12(11)15/h5-8,16H,4,9-10H2,1-3H3. The minimum Gasteiger partial charge on any atom is -0.468 e. The molecule has 1 aromatic carbocycles. The van der Waals surface area contributed by atoms with E-state index in [2.05, 4.69) is 5.32 Å². The second-order valence-electron chi connectivity index (χ2n) is 4.52. The Morgan fingerprint density at radius 3 is 2.67 bits per heavy atom. The quantitative estimate of drug-likeness (QED) is 0.791. The van der Waals surface area contributed by atoms with Crippen LogP contribution in [0.25, 0.3) is 0 Å². The Kier molecular flexibility index (Phi) is 5.28. The molecule has 1 aromatic rings. The van der Waals surface area contributed by atoms with Gasteiger partial charge in [-0.15, -0.1) is 0 Å². The van der Waals surface area contributed by atoms with Gasteiger partial charge in [0.05, 0.1) is 7.11 Å². The van der Waals surface area contributed by atoms with Crippen LogP contribution in [0, 0.1) is 5.82 Å². The molecule has 0 spiro atoms. The molecule has 0 radical (unpaired) electrons. The lowest BCUT2D eigenvalue weighted by molar-refractivity contribution is -0.147. The van der Waals surface area contributed by atoms with Crippen molar-refractivity contribution in [2.75, 3.05) is 13.7 Å². The van der Waals surface area contributed by atoms with Crippen LogP contribution in [0.2, 0.25) is 0 Å². The number of hydrogen-bond donors (Lipinski definition) is 1. The SMILES string of the molecule is CCCNC(C)(Cc1ccccc1F)C(=O)OC. The van der Waals surface area contributed by atoms with Gasteiger partial charge < -0.3 is 10.1 Å². The molecule has 1 rings (SSSR count). The zero-order valence-corrected chi connectivity index (χ0v) is 11.1. The van der Waals surface area contributed by atoms with Crippen LogP contribution >= 0.6 is 0 Å². The predicted octanol–water partition coefficient (Wildman–Crippen LogP) is 2.30. The summed E-state index contributed by atoms with van der Waals surface area (Å²) in [5.41, 5.74) is -0.388. The fraction of sp³-hybridized carbons (Fsp3) is 0.500. The molecule has 0 bridgehead atoms. The Morgan fingerprint density at radius 1 is 1.44 bits per heavy atom. The van der Waals surface area contributed by atoms with Gasteiger partial charge in [0, 0.05) is 6.42 Å². The number of methoxy groups -OCH3 is 1. The minimum absolute atomic E-state index is 0.270. The van der Waals surface area contributed by atoms with Crippen molar-refractivity contribution >= 4 is 5.97 Å². The van der Waals surface area contributed by atoms with Crippen LogP contribution in [0.4, 0.5) is 4.39 Å². The third kappa shape index (κ3) is 3.53. The van der Waals surface area contributed by atoms with E-state index >= 15 is 0 Å².